The van der Waals surface area contributed by atoms with Crippen LogP contribution in [0.2, 0.25) is 0 Å². The van der Waals surface area contributed by atoms with Gasteiger partial charge < -0.3 is 56.6 Å². The fraction of sp³-hybridized carbons (Fsp3) is 0.451. The van der Waals surface area contributed by atoms with Crippen molar-refractivity contribution >= 4 is 41.2 Å². The Morgan fingerprint density at radius 3 is 1.34 bits per heavy atom. The lowest BCUT2D eigenvalue weighted by molar-refractivity contribution is -0.128. The maximum atomic E-state index is 11.8. The number of aromatic nitrogens is 10. The van der Waals surface area contributed by atoms with E-state index in [0.717, 1.165) is 72.4 Å². The number of aliphatic hydroxyl groups is 3. The first-order valence-electron chi connectivity index (χ1n) is 32.8. The van der Waals surface area contributed by atoms with Crippen LogP contribution in [0.25, 0.3) is 17.1 Å². The van der Waals surface area contributed by atoms with Crippen molar-refractivity contribution in [1.82, 2.24) is 54.7 Å². The molecule has 6 heterocycles. The number of carbonyl (C=O) groups is 1. The van der Waals surface area contributed by atoms with Gasteiger partial charge in [0, 0.05) is 95.5 Å². The molecule has 1 saturated heterocycles. The molecule has 3 aliphatic carbocycles. The predicted molar refractivity (Wildman–Crippen MR) is 372 cm³/mol. The molecule has 1 amide bonds. The molecule has 4 aliphatic rings. The Kier molecular flexibility index (Phi) is 21.5. The number of amides is 1. The molecule has 0 unspecified atom stereocenters. The molecule has 12 rings (SSSR count). The average molecular weight is 1310 g/mol. The number of hydrogen-bond donors (Lipinski definition) is 9. The zero-order valence-electron chi connectivity index (χ0n) is 56.0. The maximum Gasteiger partial charge on any atom is 0.257 e. The summed E-state index contributed by atoms with van der Waals surface area (Å²) in [6.45, 7) is 21.5. The molecular weight excluding hydrogens is 1210 g/mol. The van der Waals surface area contributed by atoms with Crippen molar-refractivity contribution < 1.29 is 28.9 Å². The van der Waals surface area contributed by atoms with Crippen molar-refractivity contribution in [3.05, 3.63) is 154 Å². The number of carbonyl (C=O) groups excluding carboxylic acids is 1. The second kappa shape index (κ2) is 30.1. The van der Waals surface area contributed by atoms with Crippen LogP contribution in [0.5, 0.6) is 0 Å². The minimum absolute atomic E-state index is 0. The zero-order valence-corrected chi connectivity index (χ0v) is 56.0. The molecule has 6 atom stereocenters. The molecule has 25 nitrogen and oxygen atoms in total. The average Bonchev–Trinajstić information content (AvgIpc) is 1.70. The molecule has 1 aliphatic heterocycles. The molecule has 96 heavy (non-hydrogen) atoms. The van der Waals surface area contributed by atoms with Gasteiger partial charge in [-0.05, 0) is 111 Å². The van der Waals surface area contributed by atoms with Crippen LogP contribution in [0.1, 0.15) is 141 Å². The first-order chi connectivity index (χ1) is 46.0. The van der Waals surface area contributed by atoms with Crippen molar-refractivity contribution in [2.24, 2.45) is 16.2 Å². The Morgan fingerprint density at radius 2 is 1.00 bits per heavy atom. The second-order valence-corrected chi connectivity index (χ2v) is 26.8. The summed E-state index contributed by atoms with van der Waals surface area (Å²) >= 11 is 0. The highest BCUT2D eigenvalue weighted by Gasteiger charge is 2.49. The summed E-state index contributed by atoms with van der Waals surface area (Å²) in [6, 6.07) is 33.3. The van der Waals surface area contributed by atoms with Gasteiger partial charge in [-0.1, -0.05) is 102 Å². The van der Waals surface area contributed by atoms with E-state index >= 15 is 0 Å². The molecule has 5 aromatic heterocycles. The first kappa shape index (κ1) is 68.7. The van der Waals surface area contributed by atoms with E-state index in [1.807, 2.05) is 96.2 Å². The predicted octanol–water partition coefficient (Wildman–Crippen LogP) is 10.00. The smallest absolute Gasteiger partial charge is 0.257 e. The van der Waals surface area contributed by atoms with Crippen molar-refractivity contribution in [3.8, 4) is 35.3 Å². The number of aliphatic hydroxyl groups excluding tert-OH is 3. The van der Waals surface area contributed by atoms with E-state index in [4.69, 9.17) is 4.52 Å². The van der Waals surface area contributed by atoms with Gasteiger partial charge in [-0.3, -0.25) is 4.79 Å². The van der Waals surface area contributed by atoms with Crippen LogP contribution in [0, 0.1) is 64.1 Å². The van der Waals surface area contributed by atoms with Crippen LogP contribution in [0.4, 0.5) is 35.3 Å². The molecule has 9 N–H and O–H groups in total. The largest absolute Gasteiger partial charge is 0.392 e. The Morgan fingerprint density at radius 1 is 0.594 bits per heavy atom. The lowest BCUT2D eigenvalue weighted by Crippen LogP contribution is -2.57. The minimum Gasteiger partial charge on any atom is -0.392 e. The number of anilines is 6. The normalized spacial score (nSPS) is 20.0. The van der Waals surface area contributed by atoms with Crippen LogP contribution < -0.4 is 31.9 Å². The van der Waals surface area contributed by atoms with Crippen molar-refractivity contribution in [1.29, 1.82) is 15.8 Å². The van der Waals surface area contributed by atoms with Crippen molar-refractivity contribution in [2.45, 2.75) is 163 Å². The highest BCUT2D eigenvalue weighted by atomic mass is 16.5. The molecule has 25 heteroatoms. The number of likely N-dealkylation sites (tertiary alicyclic amines) is 1. The quantitative estimate of drug-likeness (QED) is 0.0287. The van der Waals surface area contributed by atoms with Crippen LogP contribution in [0.3, 0.4) is 0 Å². The maximum absolute atomic E-state index is 11.8. The zero-order chi connectivity index (χ0) is 68.3. The number of nitriles is 3. The van der Waals surface area contributed by atoms with Gasteiger partial charge in [0.1, 0.15) is 52.4 Å². The summed E-state index contributed by atoms with van der Waals surface area (Å²) in [4.78, 5) is 44.3. The third kappa shape index (κ3) is 16.3. The molecule has 506 valence electrons. The van der Waals surface area contributed by atoms with Gasteiger partial charge in [-0.25, -0.2) is 19.6 Å². The first-order valence-corrected chi connectivity index (χ1v) is 32.8. The number of aryl methyl sites for hydroxylation is 3. The van der Waals surface area contributed by atoms with Gasteiger partial charge in [0.25, 0.3) is 5.89 Å². The topological polar surface area (TPSA) is 359 Å². The summed E-state index contributed by atoms with van der Waals surface area (Å²) in [7, 11) is 0. The SMILES string of the molecule is CC1(C)[C@@H](O)C[C@H]1Nc1nc(NCCc2ccc(CN3CCCC3=O)cc2)ncc1C#N.CCc1noc(-c2ccc(CCNc3ncc(C#N)c(N[C@@H]4C[C@H](O)C4(C)C)n3)cc2)n1.Cc1cc(C)n(-c2ccc(CCNc3ncc(C#N)c(N[C@@H]4C[C@H](O)C4(C)C)n3)cc2)n1.[HH].[HH].[HH]. The van der Waals surface area contributed by atoms with Crippen molar-refractivity contribution in [3.63, 3.8) is 0 Å². The molecule has 8 aromatic rings. The summed E-state index contributed by atoms with van der Waals surface area (Å²) in [5.41, 5.74) is 9.10. The Balaban J connectivity index is 0.000000206. The number of rotatable bonds is 23. The molecule has 0 radical (unpaired) electrons. The summed E-state index contributed by atoms with van der Waals surface area (Å²) in [5.74, 6) is 4.36. The number of hydrogen-bond acceptors (Lipinski definition) is 23. The molecule has 0 spiro atoms. The van der Waals surface area contributed by atoms with Gasteiger partial charge in [-0.2, -0.15) is 40.8 Å². The third-order valence-electron chi connectivity index (χ3n) is 19.1. The lowest BCUT2D eigenvalue weighted by Gasteiger charge is -2.49. The van der Waals surface area contributed by atoms with Gasteiger partial charge in [0.2, 0.25) is 23.8 Å². The van der Waals surface area contributed by atoms with Crippen LogP contribution >= 0.6 is 0 Å². The fourth-order valence-corrected chi connectivity index (χ4v) is 11.8. The summed E-state index contributed by atoms with van der Waals surface area (Å²) < 4.78 is 7.22. The molecular formula is C71H92N20O5. The van der Waals surface area contributed by atoms with Crippen LogP contribution in [-0.4, -0.2) is 139 Å². The minimum atomic E-state index is -0.357. The Bertz CT molecular complexity index is 4130. The standard InChI is InChI=1S/C24H29N7O.C24H30N6O2.C23H27N7O2.3H2/c1-15-11-16(2)31(30-15)19-7-5-17(6-8-19)9-10-26-23-27-14-18(13-25)22(29-23)28-20-12-21(32)24(20,3)4;1-24(2)19(12-20(24)31)28-22-18(13-25)14-27-23(29-22)26-10-9-16-5-7-17(8-6-16)15-30-11-3-4-21(30)32;1-4-19-28-21(32-30-19)15-7-5-14(6-8-15)9-10-25-22-26-13-16(12-24)20(29-22)27-17-11-18(31)23(17,2)3;;;/h5-8,11,14,20-21,32H,9-10,12H2,1-4H3,(H2,26,27,28,29);5-8,14,19-20,31H,3-4,9-12,15H2,1-2H3,(H2,26,27,28,29);5-8,13,17-18,31H,4,9-11H2,1-3H3,(H2,25,26,27,29);3*1H/t20-,21+;19-,20+;17-,18+;;;/m111.../s1. The molecule has 4 fully saturated rings. The van der Waals surface area contributed by atoms with Gasteiger partial charge in [0.05, 0.1) is 48.3 Å². The Hall–Kier alpha value is -10.1. The molecule has 3 aromatic carbocycles. The van der Waals surface area contributed by atoms with E-state index in [0.29, 0.717) is 116 Å². The van der Waals surface area contributed by atoms with Gasteiger partial charge in [0.15, 0.2) is 5.82 Å². The Labute approximate surface area is 564 Å². The fourth-order valence-electron chi connectivity index (χ4n) is 11.8. The lowest BCUT2D eigenvalue weighted by atomic mass is 9.64. The molecule has 3 saturated carbocycles. The van der Waals surface area contributed by atoms with Crippen LogP contribution in [-0.2, 0) is 37.0 Å². The monoisotopic (exact) mass is 1300 g/mol. The van der Waals surface area contributed by atoms with E-state index in [9.17, 15) is 35.9 Å². The highest BCUT2D eigenvalue weighted by Crippen LogP contribution is 2.44. The number of nitrogens with zero attached hydrogens (tertiary/aromatic N) is 14. The summed E-state index contributed by atoms with van der Waals surface area (Å²) in [6.07, 6.45) is 10.2. The van der Waals surface area contributed by atoms with E-state index in [1.54, 1.807) is 0 Å². The van der Waals surface area contributed by atoms with E-state index in [2.05, 4.69) is 150 Å². The van der Waals surface area contributed by atoms with E-state index in [-0.39, 0.29) is 62.9 Å². The highest BCUT2D eigenvalue weighted by molar-refractivity contribution is 5.78. The number of nitrogens with one attached hydrogen (secondary N) is 6. The third-order valence-corrected chi connectivity index (χ3v) is 19.1. The van der Waals surface area contributed by atoms with E-state index < -0.39 is 0 Å². The van der Waals surface area contributed by atoms with Crippen LogP contribution in [0.15, 0.2) is 102 Å². The van der Waals surface area contributed by atoms with Gasteiger partial charge in [-0.15, -0.1) is 0 Å². The number of benzene rings is 3. The van der Waals surface area contributed by atoms with Gasteiger partial charge >= 0.3 is 0 Å². The van der Waals surface area contributed by atoms with E-state index in [1.165, 1.54) is 29.7 Å². The molecule has 0 bridgehead atoms. The van der Waals surface area contributed by atoms with Crippen molar-refractivity contribution in [2.75, 3.05) is 58.1 Å². The summed E-state index contributed by atoms with van der Waals surface area (Å²) in [5, 5.41) is 86.1. The second-order valence-electron chi connectivity index (χ2n) is 26.8.